The van der Waals surface area contributed by atoms with Gasteiger partial charge in [-0.15, -0.1) is 0 Å². The van der Waals surface area contributed by atoms with Crippen molar-refractivity contribution >= 4 is 5.91 Å². The van der Waals surface area contributed by atoms with Crippen LogP contribution in [0.2, 0.25) is 0 Å². The molecule has 0 saturated carbocycles. The first-order valence-electron chi connectivity index (χ1n) is 7.17. The molecule has 0 aromatic rings. The third-order valence-corrected chi connectivity index (χ3v) is 3.58. The van der Waals surface area contributed by atoms with E-state index in [4.69, 9.17) is 4.74 Å². The minimum atomic E-state index is 0.0883. The summed E-state index contributed by atoms with van der Waals surface area (Å²) in [5.74, 6) is 0.0883. The fourth-order valence-electron chi connectivity index (χ4n) is 2.35. The molecule has 1 rings (SSSR count). The fraction of sp³-hybridized carbons (Fsp3) is 0.929. The van der Waals surface area contributed by atoms with Crippen molar-refractivity contribution < 1.29 is 9.53 Å². The van der Waals surface area contributed by atoms with E-state index in [0.717, 1.165) is 25.9 Å². The maximum atomic E-state index is 11.7. The molecule has 0 aromatic carbocycles. The minimum Gasteiger partial charge on any atom is -0.383 e. The Labute approximate surface area is 117 Å². The molecule has 0 aromatic heterocycles. The summed E-state index contributed by atoms with van der Waals surface area (Å²) in [5, 5.41) is 6.16. The molecule has 2 N–H and O–H groups in total. The van der Waals surface area contributed by atoms with E-state index in [1.807, 2.05) is 0 Å². The quantitative estimate of drug-likeness (QED) is 0.695. The average Bonchev–Trinajstić information content (AvgIpc) is 2.34. The van der Waals surface area contributed by atoms with E-state index in [1.54, 1.807) is 7.11 Å². The Kier molecular flexibility index (Phi) is 6.75. The molecule has 1 amide bonds. The summed E-state index contributed by atoms with van der Waals surface area (Å²) in [7, 11) is 1.66. The molecule has 0 spiro atoms. The van der Waals surface area contributed by atoms with Crippen molar-refractivity contribution in [2.45, 2.75) is 45.2 Å². The third kappa shape index (κ3) is 6.36. The lowest BCUT2D eigenvalue weighted by atomic mass is 9.98. The van der Waals surface area contributed by atoms with Gasteiger partial charge in [-0.2, -0.15) is 0 Å². The van der Waals surface area contributed by atoms with Crippen LogP contribution in [0.15, 0.2) is 0 Å². The molecule has 0 radical (unpaired) electrons. The van der Waals surface area contributed by atoms with Gasteiger partial charge in [-0.3, -0.25) is 9.69 Å². The molecule has 19 heavy (non-hydrogen) atoms. The monoisotopic (exact) mass is 271 g/mol. The number of rotatable bonds is 6. The molecule has 1 aliphatic rings. The largest absolute Gasteiger partial charge is 0.383 e. The van der Waals surface area contributed by atoms with Crippen LogP contribution < -0.4 is 10.6 Å². The third-order valence-electron chi connectivity index (χ3n) is 3.58. The topological polar surface area (TPSA) is 53.6 Å². The van der Waals surface area contributed by atoms with Crippen LogP contribution in [-0.4, -0.2) is 62.3 Å². The lowest BCUT2D eigenvalue weighted by molar-refractivity contribution is -0.121. The van der Waals surface area contributed by atoms with Crippen LogP contribution in [0.3, 0.4) is 0 Å². The second kappa shape index (κ2) is 7.82. The molecular weight excluding hydrogens is 242 g/mol. The Balaban J connectivity index is 2.16. The molecule has 1 saturated heterocycles. The molecule has 1 aliphatic heterocycles. The van der Waals surface area contributed by atoms with Crippen molar-refractivity contribution in [3.8, 4) is 0 Å². The Morgan fingerprint density at radius 1 is 1.32 bits per heavy atom. The fourth-order valence-corrected chi connectivity index (χ4v) is 2.35. The van der Waals surface area contributed by atoms with Gasteiger partial charge in [0.15, 0.2) is 0 Å². The van der Waals surface area contributed by atoms with Gasteiger partial charge in [0.25, 0.3) is 0 Å². The van der Waals surface area contributed by atoms with Gasteiger partial charge in [0.1, 0.15) is 0 Å². The minimum absolute atomic E-state index is 0.0883. The smallest absolute Gasteiger partial charge is 0.234 e. The van der Waals surface area contributed by atoms with E-state index in [1.165, 1.54) is 0 Å². The highest BCUT2D eigenvalue weighted by molar-refractivity contribution is 5.78. The standard InChI is InChI=1S/C14H29N3O2/c1-14(2,3)17-8-5-12(6-9-17)16-13(18)11-15-7-10-19-4/h12,15H,5-11H2,1-4H3,(H,16,18). The Bertz CT molecular complexity index is 268. The maximum Gasteiger partial charge on any atom is 0.234 e. The molecule has 5 nitrogen and oxygen atoms in total. The Morgan fingerprint density at radius 2 is 1.95 bits per heavy atom. The SMILES string of the molecule is COCCNCC(=O)NC1CCN(C(C)(C)C)CC1. The van der Waals surface area contributed by atoms with Crippen LogP contribution in [0.4, 0.5) is 0 Å². The van der Waals surface area contributed by atoms with E-state index in [2.05, 4.69) is 36.3 Å². The number of methoxy groups -OCH3 is 1. The zero-order valence-electron chi connectivity index (χ0n) is 12.8. The first kappa shape index (κ1) is 16.4. The van der Waals surface area contributed by atoms with Gasteiger partial charge in [-0.05, 0) is 33.6 Å². The van der Waals surface area contributed by atoms with Gasteiger partial charge < -0.3 is 15.4 Å². The molecule has 0 aliphatic carbocycles. The molecule has 5 heteroatoms. The first-order valence-corrected chi connectivity index (χ1v) is 7.17. The maximum absolute atomic E-state index is 11.7. The predicted octanol–water partition coefficient (Wildman–Crippen LogP) is 0.602. The average molecular weight is 271 g/mol. The lowest BCUT2D eigenvalue weighted by Crippen LogP contribution is -2.51. The number of carbonyl (C=O) groups excluding carboxylic acids is 1. The predicted molar refractivity (Wildman–Crippen MR) is 77.2 cm³/mol. The number of carbonyl (C=O) groups is 1. The highest BCUT2D eigenvalue weighted by atomic mass is 16.5. The van der Waals surface area contributed by atoms with Crippen LogP contribution in [0.25, 0.3) is 0 Å². The van der Waals surface area contributed by atoms with Gasteiger partial charge in [-0.1, -0.05) is 0 Å². The highest BCUT2D eigenvalue weighted by Crippen LogP contribution is 2.19. The number of hydrogen-bond donors (Lipinski definition) is 2. The van der Waals surface area contributed by atoms with Gasteiger partial charge in [-0.25, -0.2) is 0 Å². The summed E-state index contributed by atoms with van der Waals surface area (Å²) < 4.78 is 4.92. The second-order valence-corrected chi connectivity index (χ2v) is 6.17. The van der Waals surface area contributed by atoms with E-state index >= 15 is 0 Å². The molecule has 1 fully saturated rings. The number of likely N-dealkylation sites (tertiary alicyclic amines) is 1. The Morgan fingerprint density at radius 3 is 2.47 bits per heavy atom. The normalized spacial score (nSPS) is 18.5. The summed E-state index contributed by atoms with van der Waals surface area (Å²) in [6.45, 7) is 10.6. The molecular formula is C14H29N3O2. The van der Waals surface area contributed by atoms with Gasteiger partial charge in [0.05, 0.1) is 13.2 Å². The second-order valence-electron chi connectivity index (χ2n) is 6.17. The van der Waals surface area contributed by atoms with E-state index in [9.17, 15) is 4.79 Å². The highest BCUT2D eigenvalue weighted by Gasteiger charge is 2.27. The van der Waals surface area contributed by atoms with Crippen molar-refractivity contribution in [3.63, 3.8) is 0 Å². The number of nitrogens with one attached hydrogen (secondary N) is 2. The summed E-state index contributed by atoms with van der Waals surface area (Å²) in [5.41, 5.74) is 0.233. The van der Waals surface area contributed by atoms with E-state index in [0.29, 0.717) is 25.7 Å². The van der Waals surface area contributed by atoms with Crippen LogP contribution in [0.1, 0.15) is 33.6 Å². The number of nitrogens with zero attached hydrogens (tertiary/aromatic N) is 1. The number of ether oxygens (including phenoxy) is 1. The lowest BCUT2D eigenvalue weighted by Gasteiger charge is -2.41. The van der Waals surface area contributed by atoms with Crippen molar-refractivity contribution in [1.82, 2.24) is 15.5 Å². The molecule has 0 unspecified atom stereocenters. The van der Waals surface area contributed by atoms with Crippen LogP contribution >= 0.6 is 0 Å². The number of hydrogen-bond acceptors (Lipinski definition) is 4. The molecule has 112 valence electrons. The molecule has 0 atom stereocenters. The van der Waals surface area contributed by atoms with Crippen molar-refractivity contribution in [3.05, 3.63) is 0 Å². The zero-order chi connectivity index (χ0) is 14.3. The van der Waals surface area contributed by atoms with E-state index in [-0.39, 0.29) is 11.4 Å². The van der Waals surface area contributed by atoms with Crippen molar-refractivity contribution in [2.75, 3.05) is 39.9 Å². The van der Waals surface area contributed by atoms with Crippen LogP contribution in [0, 0.1) is 0 Å². The zero-order valence-corrected chi connectivity index (χ0v) is 12.8. The number of amides is 1. The summed E-state index contributed by atoms with van der Waals surface area (Å²) in [6.07, 6.45) is 2.09. The summed E-state index contributed by atoms with van der Waals surface area (Å²) in [6, 6.07) is 0.329. The molecule has 1 heterocycles. The Hall–Kier alpha value is -0.650. The van der Waals surface area contributed by atoms with E-state index < -0.39 is 0 Å². The van der Waals surface area contributed by atoms with Gasteiger partial charge in [0.2, 0.25) is 5.91 Å². The van der Waals surface area contributed by atoms with Crippen molar-refractivity contribution in [1.29, 1.82) is 0 Å². The van der Waals surface area contributed by atoms with Crippen LogP contribution in [0.5, 0.6) is 0 Å². The summed E-state index contributed by atoms with van der Waals surface area (Å²) in [4.78, 5) is 14.2. The molecule has 0 bridgehead atoms. The van der Waals surface area contributed by atoms with Gasteiger partial charge in [0, 0.05) is 38.3 Å². The van der Waals surface area contributed by atoms with Crippen LogP contribution in [-0.2, 0) is 9.53 Å². The first-order chi connectivity index (χ1) is 8.93. The van der Waals surface area contributed by atoms with Crippen molar-refractivity contribution in [2.24, 2.45) is 0 Å². The van der Waals surface area contributed by atoms with Gasteiger partial charge >= 0.3 is 0 Å². The summed E-state index contributed by atoms with van der Waals surface area (Å²) >= 11 is 0. The number of piperidine rings is 1.